The molecule has 1 unspecified atom stereocenters. The molecule has 106 valence electrons. The molecule has 1 atom stereocenters. The van der Waals surface area contributed by atoms with Gasteiger partial charge >= 0.3 is 6.09 Å². The Balaban J connectivity index is 2.44. The number of alkyl carbamates (subject to hydrolysis) is 1. The van der Waals surface area contributed by atoms with Crippen LogP contribution in [0.4, 0.5) is 4.79 Å². The second-order valence-corrected chi connectivity index (χ2v) is 6.13. The van der Waals surface area contributed by atoms with Gasteiger partial charge in [-0.05, 0) is 59.7 Å². The van der Waals surface area contributed by atoms with Crippen LogP contribution in [0, 0.1) is 5.92 Å². The molecule has 18 heavy (non-hydrogen) atoms. The Kier molecular flexibility index (Phi) is 5.41. The van der Waals surface area contributed by atoms with Crippen molar-refractivity contribution < 1.29 is 9.53 Å². The van der Waals surface area contributed by atoms with Crippen molar-refractivity contribution in [2.24, 2.45) is 11.7 Å². The fourth-order valence-electron chi connectivity index (χ4n) is 2.26. The highest BCUT2D eigenvalue weighted by Gasteiger charge is 2.27. The van der Waals surface area contributed by atoms with Gasteiger partial charge < -0.3 is 20.7 Å². The zero-order valence-electron chi connectivity index (χ0n) is 12.0. The quantitative estimate of drug-likeness (QED) is 0.796. The molecule has 1 saturated heterocycles. The third kappa shape index (κ3) is 5.23. The molecule has 1 amide bonds. The predicted octanol–water partition coefficient (Wildman–Crippen LogP) is 1.18. The third-order valence-electron chi connectivity index (χ3n) is 3.29. The Bertz CT molecular complexity index is 268. The maximum absolute atomic E-state index is 11.7. The largest absolute Gasteiger partial charge is 0.444 e. The van der Waals surface area contributed by atoms with Gasteiger partial charge in [0.15, 0.2) is 0 Å². The van der Waals surface area contributed by atoms with Crippen LogP contribution < -0.4 is 11.1 Å². The van der Waals surface area contributed by atoms with Gasteiger partial charge in [0.1, 0.15) is 5.60 Å². The minimum Gasteiger partial charge on any atom is -0.444 e. The number of nitrogens with one attached hydrogen (secondary N) is 1. The summed E-state index contributed by atoms with van der Waals surface area (Å²) in [5.74, 6) is 0.457. The molecule has 5 nitrogen and oxygen atoms in total. The van der Waals surface area contributed by atoms with Crippen LogP contribution >= 0.6 is 0 Å². The van der Waals surface area contributed by atoms with Crippen LogP contribution in [0.25, 0.3) is 0 Å². The maximum atomic E-state index is 11.7. The maximum Gasteiger partial charge on any atom is 0.407 e. The minimum atomic E-state index is -0.462. The van der Waals surface area contributed by atoms with E-state index in [1.807, 2.05) is 20.8 Å². The number of hydrogen-bond donors (Lipinski definition) is 2. The van der Waals surface area contributed by atoms with Crippen LogP contribution in [-0.4, -0.2) is 49.3 Å². The topological polar surface area (TPSA) is 67.6 Å². The van der Waals surface area contributed by atoms with Crippen LogP contribution in [0.5, 0.6) is 0 Å². The van der Waals surface area contributed by atoms with E-state index in [0.29, 0.717) is 12.5 Å². The zero-order chi connectivity index (χ0) is 13.8. The fourth-order valence-corrected chi connectivity index (χ4v) is 2.26. The number of amides is 1. The lowest BCUT2D eigenvalue weighted by Gasteiger charge is -2.34. The van der Waals surface area contributed by atoms with Crippen LogP contribution in [0.3, 0.4) is 0 Å². The molecule has 0 radical (unpaired) electrons. The number of ether oxygens (including phenoxy) is 1. The number of likely N-dealkylation sites (tertiary alicyclic amines) is 1. The number of hydrogen-bond acceptors (Lipinski definition) is 4. The van der Waals surface area contributed by atoms with Crippen molar-refractivity contribution in [1.29, 1.82) is 0 Å². The lowest BCUT2D eigenvalue weighted by molar-refractivity contribution is 0.0472. The lowest BCUT2D eigenvalue weighted by atomic mass is 9.89. The summed E-state index contributed by atoms with van der Waals surface area (Å²) in [6.45, 7) is 8.18. The standard InChI is InChI=1S/C13H27N3O2/c1-13(2,3)18-12(17)15-11(9-14)10-5-7-16(4)8-6-10/h10-11H,5-9,14H2,1-4H3,(H,15,17). The van der Waals surface area contributed by atoms with E-state index >= 15 is 0 Å². The average Bonchev–Trinajstić information content (AvgIpc) is 2.25. The Morgan fingerprint density at radius 3 is 2.44 bits per heavy atom. The smallest absolute Gasteiger partial charge is 0.407 e. The molecule has 1 aliphatic heterocycles. The summed E-state index contributed by atoms with van der Waals surface area (Å²) in [6.07, 6.45) is 1.79. The first kappa shape index (κ1) is 15.2. The first-order valence-corrected chi connectivity index (χ1v) is 6.70. The SMILES string of the molecule is CN1CCC(C(CN)NC(=O)OC(C)(C)C)CC1. The van der Waals surface area contributed by atoms with Crippen LogP contribution in [0.1, 0.15) is 33.6 Å². The van der Waals surface area contributed by atoms with E-state index in [1.165, 1.54) is 0 Å². The Labute approximate surface area is 110 Å². The number of rotatable bonds is 3. The lowest BCUT2D eigenvalue weighted by Crippen LogP contribution is -2.49. The fraction of sp³-hybridized carbons (Fsp3) is 0.923. The summed E-state index contributed by atoms with van der Waals surface area (Å²) < 4.78 is 5.27. The molecule has 5 heteroatoms. The van der Waals surface area contributed by atoms with Crippen molar-refractivity contribution in [3.05, 3.63) is 0 Å². The van der Waals surface area contributed by atoms with Crippen molar-refractivity contribution >= 4 is 6.09 Å². The second kappa shape index (κ2) is 6.38. The van der Waals surface area contributed by atoms with Gasteiger partial charge in [0.05, 0.1) is 0 Å². The number of nitrogens with zero attached hydrogens (tertiary/aromatic N) is 1. The molecule has 0 aromatic heterocycles. The Morgan fingerprint density at radius 2 is 2.00 bits per heavy atom. The highest BCUT2D eigenvalue weighted by atomic mass is 16.6. The van der Waals surface area contributed by atoms with Crippen LogP contribution in [0.15, 0.2) is 0 Å². The molecule has 0 aromatic carbocycles. The third-order valence-corrected chi connectivity index (χ3v) is 3.29. The summed E-state index contributed by atoms with van der Waals surface area (Å²) >= 11 is 0. The van der Waals surface area contributed by atoms with E-state index in [2.05, 4.69) is 17.3 Å². The molecule has 0 spiro atoms. The van der Waals surface area contributed by atoms with Crippen LogP contribution in [-0.2, 0) is 4.74 Å². The molecular weight excluding hydrogens is 230 g/mol. The normalized spacial score (nSPS) is 20.5. The van der Waals surface area contributed by atoms with Gasteiger partial charge in [-0.2, -0.15) is 0 Å². The summed E-state index contributed by atoms with van der Waals surface area (Å²) in [6, 6.07) is 0.0218. The molecule has 3 N–H and O–H groups in total. The molecule has 0 bridgehead atoms. The monoisotopic (exact) mass is 257 g/mol. The van der Waals surface area contributed by atoms with Gasteiger partial charge in [-0.25, -0.2) is 4.79 Å². The van der Waals surface area contributed by atoms with Gasteiger partial charge in [-0.15, -0.1) is 0 Å². The molecule has 1 heterocycles. The van der Waals surface area contributed by atoms with Gasteiger partial charge in [-0.1, -0.05) is 0 Å². The summed E-state index contributed by atoms with van der Waals surface area (Å²) in [5.41, 5.74) is 5.30. The number of nitrogens with two attached hydrogens (primary N) is 1. The molecular formula is C13H27N3O2. The predicted molar refractivity (Wildman–Crippen MR) is 72.4 cm³/mol. The molecule has 1 aliphatic rings. The molecule has 0 saturated carbocycles. The second-order valence-electron chi connectivity index (χ2n) is 6.13. The molecule has 1 fully saturated rings. The Morgan fingerprint density at radius 1 is 1.44 bits per heavy atom. The van der Waals surface area contributed by atoms with Crippen molar-refractivity contribution in [2.75, 3.05) is 26.7 Å². The number of carbonyl (C=O) groups is 1. The highest BCUT2D eigenvalue weighted by molar-refractivity contribution is 5.68. The Hall–Kier alpha value is -0.810. The highest BCUT2D eigenvalue weighted by Crippen LogP contribution is 2.19. The first-order valence-electron chi connectivity index (χ1n) is 6.70. The van der Waals surface area contributed by atoms with E-state index in [1.54, 1.807) is 0 Å². The molecule has 0 aliphatic carbocycles. The van der Waals surface area contributed by atoms with E-state index in [-0.39, 0.29) is 12.1 Å². The summed E-state index contributed by atoms with van der Waals surface area (Å²) in [4.78, 5) is 14.0. The molecule has 1 rings (SSSR count). The minimum absolute atomic E-state index is 0.0218. The van der Waals surface area contributed by atoms with E-state index in [4.69, 9.17) is 10.5 Å². The van der Waals surface area contributed by atoms with Crippen molar-refractivity contribution in [3.8, 4) is 0 Å². The average molecular weight is 257 g/mol. The van der Waals surface area contributed by atoms with E-state index in [0.717, 1.165) is 25.9 Å². The summed E-state index contributed by atoms with van der Waals surface area (Å²) in [7, 11) is 2.12. The van der Waals surface area contributed by atoms with Gasteiger partial charge in [-0.3, -0.25) is 0 Å². The zero-order valence-corrected chi connectivity index (χ0v) is 12.0. The first-order chi connectivity index (χ1) is 8.31. The van der Waals surface area contributed by atoms with E-state index in [9.17, 15) is 4.79 Å². The van der Waals surface area contributed by atoms with Gasteiger partial charge in [0.2, 0.25) is 0 Å². The molecule has 0 aromatic rings. The van der Waals surface area contributed by atoms with Crippen molar-refractivity contribution in [3.63, 3.8) is 0 Å². The van der Waals surface area contributed by atoms with Crippen LogP contribution in [0.2, 0.25) is 0 Å². The number of piperidine rings is 1. The van der Waals surface area contributed by atoms with Crippen molar-refractivity contribution in [2.45, 2.75) is 45.3 Å². The summed E-state index contributed by atoms with van der Waals surface area (Å²) in [5, 5.41) is 2.90. The number of carbonyl (C=O) groups excluding carboxylic acids is 1. The van der Waals surface area contributed by atoms with Gasteiger partial charge in [0, 0.05) is 12.6 Å². The van der Waals surface area contributed by atoms with E-state index < -0.39 is 5.60 Å². The van der Waals surface area contributed by atoms with Crippen molar-refractivity contribution in [1.82, 2.24) is 10.2 Å². The van der Waals surface area contributed by atoms with Gasteiger partial charge in [0.25, 0.3) is 0 Å².